The first kappa shape index (κ1) is 23.8. The summed E-state index contributed by atoms with van der Waals surface area (Å²) in [5, 5.41) is 13.5. The summed E-state index contributed by atoms with van der Waals surface area (Å²) in [5.74, 6) is 1.36. The van der Waals surface area contributed by atoms with Gasteiger partial charge in [-0.2, -0.15) is 0 Å². The van der Waals surface area contributed by atoms with Crippen LogP contribution in [-0.4, -0.2) is 40.3 Å². The van der Waals surface area contributed by atoms with Crippen LogP contribution in [0.3, 0.4) is 0 Å². The summed E-state index contributed by atoms with van der Waals surface area (Å²) in [4.78, 5) is 2.45. The molecule has 1 heterocycles. The number of nitrogens with zero attached hydrogens (tertiary/aromatic N) is 2. The summed E-state index contributed by atoms with van der Waals surface area (Å²) in [7, 11) is 0. The van der Waals surface area contributed by atoms with Crippen molar-refractivity contribution >= 4 is 53.7 Å². The van der Waals surface area contributed by atoms with Crippen molar-refractivity contribution in [3.8, 4) is 0 Å². The zero-order valence-corrected chi connectivity index (χ0v) is 21.7. The van der Waals surface area contributed by atoms with Gasteiger partial charge in [-0.15, -0.1) is 0 Å². The Bertz CT molecular complexity index is 909. The Kier molecular flexibility index (Phi) is 8.42. The predicted molar refractivity (Wildman–Crippen MR) is 136 cm³/mol. The van der Waals surface area contributed by atoms with Gasteiger partial charge in [-0.25, -0.2) is 0 Å². The maximum atomic E-state index is 11.1. The molecule has 0 aliphatic heterocycles. The van der Waals surface area contributed by atoms with Crippen LogP contribution < -0.4 is 0 Å². The highest BCUT2D eigenvalue weighted by Crippen LogP contribution is 2.33. The Balaban J connectivity index is 1.84. The van der Waals surface area contributed by atoms with E-state index in [1.54, 1.807) is 0 Å². The smallest absolute Gasteiger partial charge is 0.0845 e. The Labute approximate surface area is 197 Å². The standard InChI is InChI=1S/C25H34Br2N2O/c1-17(2)9-11-28(12-10-18(3)4)15-21(30)16-29-24-7-5-19(26)13-22(24)23-14-20(27)6-8-25(23)29/h5-8,13-14,17-18,21,30H,9-12,15-16H2,1-4H3/t21-/m1/s1. The molecular weight excluding hydrogens is 504 g/mol. The van der Waals surface area contributed by atoms with Gasteiger partial charge in [-0.3, -0.25) is 0 Å². The van der Waals surface area contributed by atoms with Gasteiger partial charge < -0.3 is 14.6 Å². The fraction of sp³-hybridized carbons (Fsp3) is 0.520. The minimum atomic E-state index is -0.407. The highest BCUT2D eigenvalue weighted by atomic mass is 79.9. The van der Waals surface area contributed by atoms with Crippen LogP contribution in [0.4, 0.5) is 0 Å². The second-order valence-electron chi connectivity index (χ2n) is 9.25. The first-order valence-corrected chi connectivity index (χ1v) is 12.6. The third-order valence-electron chi connectivity index (χ3n) is 5.70. The predicted octanol–water partition coefficient (Wildman–Crippen LogP) is 7.07. The number of hydrogen-bond donors (Lipinski definition) is 1. The topological polar surface area (TPSA) is 28.4 Å². The van der Waals surface area contributed by atoms with Gasteiger partial charge in [0.25, 0.3) is 0 Å². The van der Waals surface area contributed by atoms with Crippen molar-refractivity contribution in [3.05, 3.63) is 45.3 Å². The summed E-state index contributed by atoms with van der Waals surface area (Å²) in [6.45, 7) is 12.5. The highest BCUT2D eigenvalue weighted by molar-refractivity contribution is 9.10. The number of fused-ring (bicyclic) bond motifs is 3. The van der Waals surface area contributed by atoms with Gasteiger partial charge >= 0.3 is 0 Å². The van der Waals surface area contributed by atoms with Crippen molar-refractivity contribution in [2.45, 2.75) is 53.2 Å². The van der Waals surface area contributed by atoms with E-state index < -0.39 is 6.10 Å². The van der Waals surface area contributed by atoms with Crippen LogP contribution in [-0.2, 0) is 6.54 Å². The summed E-state index contributed by atoms with van der Waals surface area (Å²) in [6.07, 6.45) is 1.93. The van der Waals surface area contributed by atoms with E-state index in [0.717, 1.165) is 22.0 Å². The molecule has 0 aliphatic carbocycles. The molecule has 5 heteroatoms. The normalized spacial score (nSPS) is 13.4. The third-order valence-corrected chi connectivity index (χ3v) is 6.68. The molecule has 3 nitrogen and oxygen atoms in total. The molecule has 0 bridgehead atoms. The van der Waals surface area contributed by atoms with Crippen molar-refractivity contribution in [1.29, 1.82) is 0 Å². The maximum Gasteiger partial charge on any atom is 0.0845 e. The van der Waals surface area contributed by atoms with Gasteiger partial charge in [-0.1, -0.05) is 59.6 Å². The van der Waals surface area contributed by atoms with Crippen LogP contribution in [0, 0.1) is 11.8 Å². The number of aromatic nitrogens is 1. The molecule has 3 rings (SSSR count). The summed E-state index contributed by atoms with van der Waals surface area (Å²) in [6, 6.07) is 12.8. The monoisotopic (exact) mass is 536 g/mol. The van der Waals surface area contributed by atoms with Crippen molar-refractivity contribution in [3.63, 3.8) is 0 Å². The fourth-order valence-corrected chi connectivity index (χ4v) is 4.71. The zero-order valence-electron chi connectivity index (χ0n) is 18.5. The third kappa shape index (κ3) is 6.09. The number of aliphatic hydroxyl groups is 1. The number of hydrogen-bond acceptors (Lipinski definition) is 2. The molecule has 30 heavy (non-hydrogen) atoms. The summed E-state index contributed by atoms with van der Waals surface area (Å²) >= 11 is 7.22. The van der Waals surface area contributed by atoms with E-state index in [4.69, 9.17) is 0 Å². The Morgan fingerprint density at radius 3 is 1.73 bits per heavy atom. The van der Waals surface area contributed by atoms with E-state index in [-0.39, 0.29) is 0 Å². The van der Waals surface area contributed by atoms with Crippen molar-refractivity contribution in [1.82, 2.24) is 9.47 Å². The van der Waals surface area contributed by atoms with E-state index in [1.165, 1.54) is 34.6 Å². The lowest BCUT2D eigenvalue weighted by molar-refractivity contribution is 0.0947. The molecule has 0 saturated heterocycles. The quantitative estimate of drug-likeness (QED) is 0.299. The van der Waals surface area contributed by atoms with Crippen LogP contribution in [0.5, 0.6) is 0 Å². The zero-order chi connectivity index (χ0) is 21.8. The first-order chi connectivity index (χ1) is 14.2. The van der Waals surface area contributed by atoms with Crippen LogP contribution in [0.2, 0.25) is 0 Å². The number of rotatable bonds is 10. The van der Waals surface area contributed by atoms with Gasteiger partial charge in [0.1, 0.15) is 0 Å². The molecule has 1 atom stereocenters. The lowest BCUT2D eigenvalue weighted by atomic mass is 10.1. The van der Waals surface area contributed by atoms with Crippen LogP contribution in [0.1, 0.15) is 40.5 Å². The lowest BCUT2D eigenvalue weighted by Crippen LogP contribution is -2.37. The largest absolute Gasteiger partial charge is 0.390 e. The molecule has 0 fully saturated rings. The average Bonchev–Trinajstić information content (AvgIpc) is 2.96. The van der Waals surface area contributed by atoms with E-state index in [2.05, 4.69) is 105 Å². The minimum Gasteiger partial charge on any atom is -0.390 e. The second kappa shape index (κ2) is 10.6. The molecule has 0 unspecified atom stereocenters. The number of halogens is 2. The molecule has 0 aliphatic rings. The van der Waals surface area contributed by atoms with Gasteiger partial charge in [0.05, 0.1) is 12.6 Å². The minimum absolute atomic E-state index is 0.407. The molecule has 1 aromatic heterocycles. The average molecular weight is 538 g/mol. The molecule has 0 amide bonds. The molecule has 0 spiro atoms. The molecular formula is C25H34Br2N2O. The van der Waals surface area contributed by atoms with Crippen LogP contribution in [0.25, 0.3) is 21.8 Å². The Morgan fingerprint density at radius 1 is 0.833 bits per heavy atom. The van der Waals surface area contributed by atoms with Crippen molar-refractivity contribution in [2.75, 3.05) is 19.6 Å². The number of aliphatic hydroxyl groups excluding tert-OH is 1. The van der Waals surface area contributed by atoms with Gasteiger partial charge in [-0.05, 0) is 74.2 Å². The SMILES string of the molecule is CC(C)CCN(CCC(C)C)C[C@@H](O)Cn1c2ccc(Br)cc2c2cc(Br)ccc21. The molecule has 0 saturated carbocycles. The van der Waals surface area contributed by atoms with E-state index in [9.17, 15) is 5.11 Å². The molecule has 3 aromatic rings. The van der Waals surface area contributed by atoms with E-state index >= 15 is 0 Å². The van der Waals surface area contributed by atoms with Gasteiger partial charge in [0.15, 0.2) is 0 Å². The summed E-state index contributed by atoms with van der Waals surface area (Å²) in [5.41, 5.74) is 2.34. The van der Waals surface area contributed by atoms with Gasteiger partial charge in [0.2, 0.25) is 0 Å². The number of benzene rings is 2. The highest BCUT2D eigenvalue weighted by Gasteiger charge is 2.17. The molecule has 0 radical (unpaired) electrons. The first-order valence-electron chi connectivity index (χ1n) is 11.0. The molecule has 1 N–H and O–H groups in total. The van der Waals surface area contributed by atoms with Gasteiger partial charge in [0, 0.05) is 37.3 Å². The second-order valence-corrected chi connectivity index (χ2v) is 11.1. The van der Waals surface area contributed by atoms with E-state index in [0.29, 0.717) is 24.9 Å². The lowest BCUT2D eigenvalue weighted by Gasteiger charge is -2.27. The summed E-state index contributed by atoms with van der Waals surface area (Å²) < 4.78 is 4.42. The van der Waals surface area contributed by atoms with Crippen LogP contribution in [0.15, 0.2) is 45.3 Å². The fourth-order valence-electron chi connectivity index (χ4n) is 3.99. The maximum absolute atomic E-state index is 11.1. The van der Waals surface area contributed by atoms with E-state index in [1.807, 2.05) is 0 Å². The molecule has 164 valence electrons. The Morgan fingerprint density at radius 2 is 1.30 bits per heavy atom. The van der Waals surface area contributed by atoms with Crippen molar-refractivity contribution < 1.29 is 5.11 Å². The van der Waals surface area contributed by atoms with Crippen molar-refractivity contribution in [2.24, 2.45) is 11.8 Å². The Hall–Kier alpha value is -0.880. The van der Waals surface area contributed by atoms with Crippen LogP contribution >= 0.6 is 31.9 Å². The molecule has 2 aromatic carbocycles.